The molecule has 7 atom stereocenters. The van der Waals surface area contributed by atoms with E-state index >= 15 is 0 Å². The van der Waals surface area contributed by atoms with Gasteiger partial charge in [-0.05, 0) is 97.6 Å². The molecule has 4 nitrogen and oxygen atoms in total. The molecule has 1 N–H and O–H groups in total. The van der Waals surface area contributed by atoms with Gasteiger partial charge < -0.3 is 10.2 Å². The smallest absolute Gasteiger partial charge is 0.352 e. The maximum atomic E-state index is 13.3. The minimum atomic E-state index is -5.00. The van der Waals surface area contributed by atoms with Gasteiger partial charge in [-0.1, -0.05) is 13.8 Å². The minimum absolute atomic E-state index is 0.0348. The van der Waals surface area contributed by atoms with Gasteiger partial charge in [-0.15, -0.1) is 0 Å². The van der Waals surface area contributed by atoms with Crippen LogP contribution in [-0.4, -0.2) is 36.3 Å². The molecular weight excluding hydrogens is 522 g/mol. The van der Waals surface area contributed by atoms with Crippen molar-refractivity contribution in [3.63, 3.8) is 0 Å². The van der Waals surface area contributed by atoms with E-state index in [4.69, 9.17) is 0 Å². The van der Waals surface area contributed by atoms with Crippen LogP contribution in [0.4, 0.5) is 26.3 Å². The van der Waals surface area contributed by atoms with Crippen LogP contribution >= 0.6 is 0 Å². The molecule has 2 unspecified atom stereocenters. The Hall–Kier alpha value is -2.26. The average Bonchev–Trinajstić information content (AvgIpc) is 3.20. The summed E-state index contributed by atoms with van der Waals surface area (Å²) >= 11 is 0. The Bertz CT molecular complexity index is 1120. The molecular formula is C29H36F6N2O2. The summed E-state index contributed by atoms with van der Waals surface area (Å²) in [5.41, 5.74) is -3.60. The van der Waals surface area contributed by atoms with Crippen molar-refractivity contribution >= 4 is 11.8 Å². The molecule has 216 valence electrons. The highest BCUT2D eigenvalue weighted by molar-refractivity contribution is 5.94. The second-order valence-electron chi connectivity index (χ2n) is 12.8. The monoisotopic (exact) mass is 558 g/mol. The third kappa shape index (κ3) is 4.73. The first-order valence-electron chi connectivity index (χ1n) is 13.9. The van der Waals surface area contributed by atoms with E-state index in [-0.39, 0.29) is 41.3 Å². The van der Waals surface area contributed by atoms with E-state index in [1.807, 2.05) is 11.9 Å². The lowest BCUT2D eigenvalue weighted by Gasteiger charge is -2.61. The summed E-state index contributed by atoms with van der Waals surface area (Å²) in [5, 5.41) is 2.67. The SMILES string of the molecule is CN1C(=O)CC[C@@]2(C)C1CC[C@@H]1[C@H]2CC[C@]2(C)C(CNC(=O)c3cc(C(F)(F)F)cc(C(F)(F)F)c3)CC[C@@H]12. The molecule has 3 saturated carbocycles. The van der Waals surface area contributed by atoms with Crippen molar-refractivity contribution in [2.75, 3.05) is 13.6 Å². The maximum absolute atomic E-state index is 13.3. The number of benzene rings is 1. The molecule has 1 aromatic rings. The fourth-order valence-electron chi connectivity index (χ4n) is 9.00. The summed E-state index contributed by atoms with van der Waals surface area (Å²) in [5.74, 6) is 0.881. The highest BCUT2D eigenvalue weighted by Crippen LogP contribution is 2.66. The minimum Gasteiger partial charge on any atom is -0.352 e. The number of likely N-dealkylation sites (tertiary alicyclic amines) is 1. The van der Waals surface area contributed by atoms with Gasteiger partial charge in [0.05, 0.1) is 11.1 Å². The highest BCUT2D eigenvalue weighted by atomic mass is 19.4. The number of hydrogen-bond donors (Lipinski definition) is 1. The highest BCUT2D eigenvalue weighted by Gasteiger charge is 2.61. The number of piperidine rings is 1. The number of carbonyl (C=O) groups excluding carboxylic acids is 2. The summed E-state index contributed by atoms with van der Waals surface area (Å²) < 4.78 is 79.5. The van der Waals surface area contributed by atoms with Crippen LogP contribution in [0.25, 0.3) is 0 Å². The maximum Gasteiger partial charge on any atom is 0.416 e. The molecule has 0 bridgehead atoms. The van der Waals surface area contributed by atoms with Crippen molar-refractivity contribution in [1.82, 2.24) is 10.2 Å². The zero-order valence-electron chi connectivity index (χ0n) is 22.5. The molecule has 39 heavy (non-hydrogen) atoms. The lowest BCUT2D eigenvalue weighted by atomic mass is 9.47. The number of halogens is 6. The van der Waals surface area contributed by atoms with Gasteiger partial charge in [-0.3, -0.25) is 9.59 Å². The molecule has 1 saturated heterocycles. The van der Waals surface area contributed by atoms with Crippen LogP contribution in [-0.2, 0) is 17.1 Å². The number of nitrogens with one attached hydrogen (secondary N) is 1. The Labute approximate surface area is 224 Å². The number of hydrogen-bond acceptors (Lipinski definition) is 2. The first kappa shape index (κ1) is 28.3. The van der Waals surface area contributed by atoms with Crippen LogP contribution in [0, 0.1) is 34.5 Å². The van der Waals surface area contributed by atoms with Crippen molar-refractivity contribution in [2.24, 2.45) is 34.5 Å². The molecule has 4 aliphatic rings. The van der Waals surface area contributed by atoms with Crippen LogP contribution in [0.1, 0.15) is 86.7 Å². The normalized spacial score (nSPS) is 36.7. The lowest BCUT2D eigenvalue weighted by Crippen LogP contribution is -2.61. The van der Waals surface area contributed by atoms with E-state index in [1.54, 1.807) is 0 Å². The van der Waals surface area contributed by atoms with Gasteiger partial charge in [0, 0.05) is 31.6 Å². The van der Waals surface area contributed by atoms with Crippen LogP contribution in [0.2, 0.25) is 0 Å². The van der Waals surface area contributed by atoms with Gasteiger partial charge >= 0.3 is 12.4 Å². The molecule has 0 spiro atoms. The average molecular weight is 559 g/mol. The standard InChI is InChI=1S/C29H36F6N2O2/c1-26-10-8-22-20(5-7-23-27(22,2)11-9-24(38)37(23)3)21(26)6-4-17(26)15-36-25(39)16-12-18(28(30,31)32)14-19(13-16)29(33,34)35/h12-14,17,20-23H,4-11,15H2,1-3H3,(H,36,39)/t17?,20-,21-,22+,23?,26+,27+/m0/s1. The number of fused-ring (bicyclic) bond motifs is 5. The molecule has 0 aromatic heterocycles. The Kier molecular flexibility index (Phi) is 6.81. The van der Waals surface area contributed by atoms with Gasteiger partial charge in [-0.25, -0.2) is 0 Å². The third-order valence-electron chi connectivity index (χ3n) is 11.1. The van der Waals surface area contributed by atoms with Crippen molar-refractivity contribution in [3.8, 4) is 0 Å². The summed E-state index contributed by atoms with van der Waals surface area (Å²) in [6.07, 6.45) is -2.65. The second kappa shape index (κ2) is 9.40. The summed E-state index contributed by atoms with van der Waals surface area (Å²) in [6.45, 7) is 4.81. The van der Waals surface area contributed by atoms with Gasteiger partial charge in [-0.2, -0.15) is 26.3 Å². The molecule has 0 radical (unpaired) electrons. The molecule has 4 fully saturated rings. The van der Waals surface area contributed by atoms with Crippen LogP contribution in [0.15, 0.2) is 18.2 Å². The molecule has 5 rings (SSSR count). The molecule has 2 amide bonds. The van der Waals surface area contributed by atoms with E-state index in [0.29, 0.717) is 36.3 Å². The van der Waals surface area contributed by atoms with E-state index < -0.39 is 35.0 Å². The first-order valence-corrected chi connectivity index (χ1v) is 13.9. The summed E-state index contributed by atoms with van der Waals surface area (Å²) in [4.78, 5) is 27.2. The second-order valence-corrected chi connectivity index (χ2v) is 12.8. The largest absolute Gasteiger partial charge is 0.416 e. The Balaban J connectivity index is 1.30. The number of carbonyl (C=O) groups is 2. The quantitative estimate of drug-likeness (QED) is 0.409. The predicted octanol–water partition coefficient (Wildman–Crippen LogP) is 6.93. The first-order chi connectivity index (χ1) is 18.1. The Morgan fingerprint density at radius 1 is 0.897 bits per heavy atom. The molecule has 1 aromatic carbocycles. The zero-order valence-corrected chi connectivity index (χ0v) is 22.5. The van der Waals surface area contributed by atoms with Crippen molar-refractivity contribution in [1.29, 1.82) is 0 Å². The van der Waals surface area contributed by atoms with Gasteiger partial charge in [0.2, 0.25) is 5.91 Å². The lowest BCUT2D eigenvalue weighted by molar-refractivity contribution is -0.158. The van der Waals surface area contributed by atoms with Crippen molar-refractivity contribution in [3.05, 3.63) is 34.9 Å². The molecule has 1 heterocycles. The predicted molar refractivity (Wildman–Crippen MR) is 132 cm³/mol. The van der Waals surface area contributed by atoms with Gasteiger partial charge in [0.25, 0.3) is 5.91 Å². The van der Waals surface area contributed by atoms with Gasteiger partial charge in [0.15, 0.2) is 0 Å². The number of nitrogens with zero attached hydrogens (tertiary/aromatic N) is 1. The fourth-order valence-corrected chi connectivity index (χ4v) is 9.00. The molecule has 3 aliphatic carbocycles. The van der Waals surface area contributed by atoms with Gasteiger partial charge in [0.1, 0.15) is 0 Å². The van der Waals surface area contributed by atoms with E-state index in [9.17, 15) is 35.9 Å². The zero-order chi connectivity index (χ0) is 28.5. The molecule has 10 heteroatoms. The number of rotatable bonds is 3. The van der Waals surface area contributed by atoms with E-state index in [2.05, 4.69) is 19.2 Å². The van der Waals surface area contributed by atoms with Crippen LogP contribution in [0.5, 0.6) is 0 Å². The Morgan fingerprint density at radius 3 is 2.13 bits per heavy atom. The van der Waals surface area contributed by atoms with Crippen molar-refractivity contribution in [2.45, 2.75) is 83.6 Å². The van der Waals surface area contributed by atoms with E-state index in [1.165, 1.54) is 0 Å². The number of amides is 2. The van der Waals surface area contributed by atoms with Crippen LogP contribution < -0.4 is 5.32 Å². The fraction of sp³-hybridized carbons (Fsp3) is 0.724. The summed E-state index contributed by atoms with van der Waals surface area (Å²) in [7, 11) is 1.92. The topological polar surface area (TPSA) is 49.4 Å². The third-order valence-corrected chi connectivity index (χ3v) is 11.1. The van der Waals surface area contributed by atoms with E-state index in [0.717, 1.165) is 44.9 Å². The van der Waals surface area contributed by atoms with Crippen LogP contribution in [0.3, 0.4) is 0 Å². The summed E-state index contributed by atoms with van der Waals surface area (Å²) in [6, 6.07) is 1.27. The Morgan fingerprint density at radius 2 is 1.51 bits per heavy atom. The van der Waals surface area contributed by atoms with Crippen molar-refractivity contribution < 1.29 is 35.9 Å². The number of alkyl halides is 6. The molecule has 1 aliphatic heterocycles.